The zero-order valence-corrected chi connectivity index (χ0v) is 11.7. The number of thiophene rings is 1. The van der Waals surface area contributed by atoms with Gasteiger partial charge in [-0.2, -0.15) is 0 Å². The molecule has 0 saturated carbocycles. The van der Waals surface area contributed by atoms with Crippen molar-refractivity contribution in [3.05, 3.63) is 21.3 Å². The summed E-state index contributed by atoms with van der Waals surface area (Å²) < 4.78 is 6.00. The quantitative estimate of drug-likeness (QED) is 0.890. The average molecular weight is 289 g/mol. The number of hydrogen-bond donors (Lipinski definition) is 1. The van der Waals surface area contributed by atoms with Gasteiger partial charge in [-0.25, -0.2) is 0 Å². The summed E-state index contributed by atoms with van der Waals surface area (Å²) in [7, 11) is 0. The molecule has 4 nitrogen and oxygen atoms in total. The minimum atomic E-state index is 0.0572. The normalized spacial score (nSPS) is 16.7. The fourth-order valence-electron chi connectivity index (χ4n) is 1.85. The van der Waals surface area contributed by atoms with E-state index in [2.05, 4.69) is 10.2 Å². The van der Waals surface area contributed by atoms with Crippen molar-refractivity contribution in [1.82, 2.24) is 10.2 Å². The Hall–Kier alpha value is -0.620. The number of halogens is 1. The van der Waals surface area contributed by atoms with Crippen LogP contribution in [0.1, 0.15) is 4.88 Å². The highest BCUT2D eigenvalue weighted by molar-refractivity contribution is 7.16. The van der Waals surface area contributed by atoms with Gasteiger partial charge in [0.2, 0.25) is 5.91 Å². The second-order valence-electron chi connectivity index (χ2n) is 4.19. The van der Waals surface area contributed by atoms with E-state index in [9.17, 15) is 4.79 Å². The van der Waals surface area contributed by atoms with Gasteiger partial charge >= 0.3 is 0 Å². The van der Waals surface area contributed by atoms with Crippen molar-refractivity contribution in [2.45, 2.75) is 6.42 Å². The van der Waals surface area contributed by atoms with Gasteiger partial charge in [0, 0.05) is 31.1 Å². The minimum Gasteiger partial charge on any atom is -0.379 e. The van der Waals surface area contributed by atoms with E-state index in [4.69, 9.17) is 16.3 Å². The number of nitrogens with zero attached hydrogens (tertiary/aromatic N) is 1. The highest BCUT2D eigenvalue weighted by Crippen LogP contribution is 2.21. The van der Waals surface area contributed by atoms with Gasteiger partial charge in [0.1, 0.15) is 0 Å². The van der Waals surface area contributed by atoms with Crippen molar-refractivity contribution < 1.29 is 9.53 Å². The Morgan fingerprint density at radius 3 is 2.89 bits per heavy atom. The lowest BCUT2D eigenvalue weighted by atomic mass is 10.3. The third-order valence-electron chi connectivity index (χ3n) is 2.82. The van der Waals surface area contributed by atoms with Crippen LogP contribution in [0.4, 0.5) is 0 Å². The average Bonchev–Trinajstić information content (AvgIpc) is 2.76. The predicted octanol–water partition coefficient (Wildman–Crippen LogP) is 1.39. The molecule has 1 aromatic rings. The van der Waals surface area contributed by atoms with Crippen molar-refractivity contribution in [1.29, 1.82) is 0 Å². The standard InChI is InChI=1S/C12H17ClN2O2S/c13-11-2-1-10(18-11)9-12(16)14-3-4-15-5-7-17-8-6-15/h1-2H,3-9H2,(H,14,16). The first-order chi connectivity index (χ1) is 8.74. The monoisotopic (exact) mass is 288 g/mol. The maximum Gasteiger partial charge on any atom is 0.225 e. The first-order valence-electron chi connectivity index (χ1n) is 6.05. The van der Waals surface area contributed by atoms with Crippen LogP contribution in [0, 0.1) is 0 Å². The van der Waals surface area contributed by atoms with Crippen molar-refractivity contribution in [3.63, 3.8) is 0 Å². The molecular weight excluding hydrogens is 272 g/mol. The second kappa shape index (κ2) is 7.09. The molecule has 0 radical (unpaired) electrons. The Kier molecular flexibility index (Phi) is 5.44. The van der Waals surface area contributed by atoms with Gasteiger partial charge in [-0.15, -0.1) is 11.3 Å². The van der Waals surface area contributed by atoms with Gasteiger partial charge in [-0.3, -0.25) is 9.69 Å². The topological polar surface area (TPSA) is 41.6 Å². The van der Waals surface area contributed by atoms with Crippen molar-refractivity contribution in [2.24, 2.45) is 0 Å². The third-order valence-corrected chi connectivity index (χ3v) is 4.05. The van der Waals surface area contributed by atoms with Gasteiger partial charge in [-0.05, 0) is 12.1 Å². The Labute approximate surface area is 116 Å². The van der Waals surface area contributed by atoms with E-state index in [1.165, 1.54) is 11.3 Å². The Balaban J connectivity index is 1.62. The van der Waals surface area contributed by atoms with Crippen LogP contribution in [0.25, 0.3) is 0 Å². The zero-order valence-electron chi connectivity index (χ0n) is 10.2. The molecule has 2 rings (SSSR count). The maximum absolute atomic E-state index is 11.7. The predicted molar refractivity (Wildman–Crippen MR) is 73.3 cm³/mol. The van der Waals surface area contributed by atoms with Crippen LogP contribution in [-0.2, 0) is 16.0 Å². The van der Waals surface area contributed by atoms with Gasteiger partial charge in [0.15, 0.2) is 0 Å². The van der Waals surface area contributed by atoms with E-state index in [1.807, 2.05) is 12.1 Å². The number of morpholine rings is 1. The largest absolute Gasteiger partial charge is 0.379 e. The molecule has 0 unspecified atom stereocenters. The number of rotatable bonds is 5. The van der Waals surface area contributed by atoms with Crippen LogP contribution in [0.2, 0.25) is 4.34 Å². The Morgan fingerprint density at radius 2 is 2.22 bits per heavy atom. The molecule has 1 aromatic heterocycles. The summed E-state index contributed by atoms with van der Waals surface area (Å²) in [5, 5.41) is 2.93. The highest BCUT2D eigenvalue weighted by Gasteiger charge is 2.10. The molecule has 1 aliphatic heterocycles. The maximum atomic E-state index is 11.7. The van der Waals surface area contributed by atoms with Crippen LogP contribution in [0.5, 0.6) is 0 Å². The number of amides is 1. The summed E-state index contributed by atoms with van der Waals surface area (Å²) in [5.74, 6) is 0.0572. The SMILES string of the molecule is O=C(Cc1ccc(Cl)s1)NCCN1CCOCC1. The fourth-order valence-corrected chi connectivity index (χ4v) is 2.93. The lowest BCUT2D eigenvalue weighted by molar-refractivity contribution is -0.120. The molecule has 0 aromatic carbocycles. The van der Waals surface area contributed by atoms with Gasteiger partial charge in [0.25, 0.3) is 0 Å². The molecule has 0 atom stereocenters. The molecule has 1 aliphatic rings. The van der Waals surface area contributed by atoms with Gasteiger partial charge in [-0.1, -0.05) is 11.6 Å². The van der Waals surface area contributed by atoms with Crippen LogP contribution in [0.3, 0.4) is 0 Å². The Bertz CT molecular complexity index is 391. The highest BCUT2D eigenvalue weighted by atomic mass is 35.5. The van der Waals surface area contributed by atoms with Crippen molar-refractivity contribution >= 4 is 28.8 Å². The van der Waals surface area contributed by atoms with Crippen molar-refractivity contribution in [3.8, 4) is 0 Å². The van der Waals surface area contributed by atoms with E-state index in [1.54, 1.807) is 0 Å². The van der Waals surface area contributed by atoms with Crippen LogP contribution < -0.4 is 5.32 Å². The third kappa shape index (κ3) is 4.57. The first kappa shape index (κ1) is 13.8. The molecule has 1 fully saturated rings. The number of nitrogens with one attached hydrogen (secondary N) is 1. The van der Waals surface area contributed by atoms with Crippen molar-refractivity contribution in [2.75, 3.05) is 39.4 Å². The van der Waals surface area contributed by atoms with Crippen LogP contribution in [0.15, 0.2) is 12.1 Å². The molecule has 1 N–H and O–H groups in total. The number of carbonyl (C=O) groups is 1. The number of ether oxygens (including phenoxy) is 1. The summed E-state index contributed by atoms with van der Waals surface area (Å²) in [4.78, 5) is 15.0. The molecule has 0 aliphatic carbocycles. The number of carbonyl (C=O) groups excluding carboxylic acids is 1. The molecule has 18 heavy (non-hydrogen) atoms. The summed E-state index contributed by atoms with van der Waals surface area (Å²) >= 11 is 7.27. The van der Waals surface area contributed by atoms with E-state index in [0.29, 0.717) is 13.0 Å². The van der Waals surface area contributed by atoms with E-state index < -0.39 is 0 Å². The Morgan fingerprint density at radius 1 is 1.44 bits per heavy atom. The van der Waals surface area contributed by atoms with E-state index in [-0.39, 0.29) is 5.91 Å². The molecule has 0 spiro atoms. The lowest BCUT2D eigenvalue weighted by Crippen LogP contribution is -2.41. The molecule has 2 heterocycles. The first-order valence-corrected chi connectivity index (χ1v) is 7.24. The van der Waals surface area contributed by atoms with E-state index >= 15 is 0 Å². The van der Waals surface area contributed by atoms with Crippen LogP contribution in [-0.4, -0.2) is 50.2 Å². The lowest BCUT2D eigenvalue weighted by Gasteiger charge is -2.26. The minimum absolute atomic E-state index is 0.0572. The second-order valence-corrected chi connectivity index (χ2v) is 5.99. The molecule has 100 valence electrons. The zero-order chi connectivity index (χ0) is 12.8. The summed E-state index contributed by atoms with van der Waals surface area (Å²) in [5.41, 5.74) is 0. The van der Waals surface area contributed by atoms with Gasteiger partial charge in [0.05, 0.1) is 24.0 Å². The fraction of sp³-hybridized carbons (Fsp3) is 0.583. The molecule has 1 amide bonds. The summed E-state index contributed by atoms with van der Waals surface area (Å²) in [6, 6.07) is 3.72. The molecular formula is C12H17ClN2O2S. The number of hydrogen-bond acceptors (Lipinski definition) is 4. The van der Waals surface area contributed by atoms with Crippen LogP contribution >= 0.6 is 22.9 Å². The summed E-state index contributed by atoms with van der Waals surface area (Å²) in [6.07, 6.45) is 0.417. The van der Waals surface area contributed by atoms with Gasteiger partial charge < -0.3 is 10.1 Å². The molecule has 6 heteroatoms. The molecule has 1 saturated heterocycles. The molecule has 0 bridgehead atoms. The van der Waals surface area contributed by atoms with E-state index in [0.717, 1.165) is 42.1 Å². The summed E-state index contributed by atoms with van der Waals surface area (Å²) in [6.45, 7) is 5.08. The smallest absolute Gasteiger partial charge is 0.225 e.